The van der Waals surface area contributed by atoms with E-state index < -0.39 is 20.9 Å². The van der Waals surface area contributed by atoms with Crippen molar-refractivity contribution in [3.8, 4) is 0 Å². The van der Waals surface area contributed by atoms with Gasteiger partial charge in [-0.1, -0.05) is 15.9 Å². The number of sulfonamides is 1. The molecule has 0 saturated carbocycles. The number of halogens is 1. The van der Waals surface area contributed by atoms with Crippen LogP contribution < -0.4 is 10.0 Å². The number of nitrogens with zero attached hydrogens (tertiary/aromatic N) is 1. The van der Waals surface area contributed by atoms with E-state index in [1.807, 2.05) is 0 Å². The van der Waals surface area contributed by atoms with Gasteiger partial charge in [0.05, 0.1) is 9.82 Å². The summed E-state index contributed by atoms with van der Waals surface area (Å²) in [5.41, 5.74) is 0.312. The molecule has 0 fully saturated rings. The highest BCUT2D eigenvalue weighted by molar-refractivity contribution is 9.10. The largest absolute Gasteiger partial charge is 0.326 e. The van der Waals surface area contributed by atoms with Crippen molar-refractivity contribution < 1.29 is 18.1 Å². The highest BCUT2D eigenvalue weighted by Crippen LogP contribution is 2.16. The van der Waals surface area contributed by atoms with Gasteiger partial charge in [0.25, 0.3) is 5.69 Å². The van der Waals surface area contributed by atoms with Crippen LogP contribution in [0.25, 0.3) is 0 Å². The second kappa shape index (κ2) is 8.19. The molecule has 0 atom stereocenters. The molecule has 0 saturated heterocycles. The summed E-state index contributed by atoms with van der Waals surface area (Å²) in [5, 5.41) is 13.1. The van der Waals surface area contributed by atoms with Gasteiger partial charge >= 0.3 is 0 Å². The number of nitro benzene ring substituents is 1. The molecule has 2 aromatic rings. The molecule has 0 spiro atoms. The molecule has 10 heteroatoms. The molecule has 8 nitrogen and oxygen atoms in total. The second-order valence-corrected chi connectivity index (χ2v) is 7.64. The van der Waals surface area contributed by atoms with E-state index in [4.69, 9.17) is 0 Å². The van der Waals surface area contributed by atoms with Crippen molar-refractivity contribution in [2.45, 2.75) is 11.3 Å². The van der Waals surface area contributed by atoms with Crippen molar-refractivity contribution in [1.82, 2.24) is 4.72 Å². The van der Waals surface area contributed by atoms with E-state index >= 15 is 0 Å². The minimum Gasteiger partial charge on any atom is -0.326 e. The van der Waals surface area contributed by atoms with Gasteiger partial charge in [0.2, 0.25) is 15.9 Å². The van der Waals surface area contributed by atoms with Crippen molar-refractivity contribution in [2.24, 2.45) is 0 Å². The Morgan fingerprint density at radius 2 is 1.68 bits per heavy atom. The van der Waals surface area contributed by atoms with E-state index in [-0.39, 0.29) is 23.5 Å². The number of nitro groups is 1. The average molecular weight is 428 g/mol. The van der Waals surface area contributed by atoms with Crippen molar-refractivity contribution >= 4 is 43.2 Å². The van der Waals surface area contributed by atoms with Gasteiger partial charge in [0, 0.05) is 35.3 Å². The zero-order chi connectivity index (χ0) is 18.4. The van der Waals surface area contributed by atoms with Crippen LogP contribution in [-0.2, 0) is 14.8 Å². The number of carbonyl (C=O) groups is 1. The Morgan fingerprint density at radius 1 is 1.08 bits per heavy atom. The lowest BCUT2D eigenvalue weighted by Gasteiger charge is -2.08. The molecule has 0 unspecified atom stereocenters. The first-order valence-electron chi connectivity index (χ1n) is 7.07. The number of rotatable bonds is 7. The molecule has 0 aromatic heterocycles. The molecule has 2 aromatic carbocycles. The van der Waals surface area contributed by atoms with Gasteiger partial charge in [-0.2, -0.15) is 0 Å². The van der Waals surface area contributed by atoms with Crippen LogP contribution in [0.5, 0.6) is 0 Å². The molecule has 0 aliphatic rings. The number of hydrogen-bond acceptors (Lipinski definition) is 5. The van der Waals surface area contributed by atoms with Gasteiger partial charge in [-0.3, -0.25) is 14.9 Å². The quantitative estimate of drug-likeness (QED) is 0.519. The highest BCUT2D eigenvalue weighted by atomic mass is 79.9. The van der Waals surface area contributed by atoms with E-state index in [1.54, 1.807) is 12.1 Å². The van der Waals surface area contributed by atoms with Gasteiger partial charge < -0.3 is 5.32 Å². The molecule has 1 amide bonds. The van der Waals surface area contributed by atoms with Gasteiger partial charge in [-0.05, 0) is 36.4 Å². The molecule has 2 rings (SSSR count). The van der Waals surface area contributed by atoms with Crippen LogP contribution in [-0.4, -0.2) is 25.8 Å². The third kappa shape index (κ3) is 5.62. The number of anilines is 1. The topological polar surface area (TPSA) is 118 Å². The van der Waals surface area contributed by atoms with Gasteiger partial charge in [-0.15, -0.1) is 0 Å². The summed E-state index contributed by atoms with van der Waals surface area (Å²) in [7, 11) is -3.69. The summed E-state index contributed by atoms with van der Waals surface area (Å²) in [6, 6.07) is 11.5. The Balaban J connectivity index is 1.85. The van der Waals surface area contributed by atoms with Crippen LogP contribution in [0, 0.1) is 10.1 Å². The van der Waals surface area contributed by atoms with Crippen molar-refractivity contribution in [2.75, 3.05) is 11.9 Å². The van der Waals surface area contributed by atoms with Crippen molar-refractivity contribution in [1.29, 1.82) is 0 Å². The third-order valence-electron chi connectivity index (χ3n) is 3.13. The first-order valence-corrected chi connectivity index (χ1v) is 9.35. The zero-order valence-electron chi connectivity index (χ0n) is 12.8. The van der Waals surface area contributed by atoms with Gasteiger partial charge in [0.15, 0.2) is 0 Å². The second-order valence-electron chi connectivity index (χ2n) is 4.95. The molecule has 0 aliphatic carbocycles. The smallest absolute Gasteiger partial charge is 0.269 e. The molecular formula is C15H14BrN3O5S. The molecule has 132 valence electrons. The normalized spacial score (nSPS) is 11.1. The van der Waals surface area contributed by atoms with Crippen molar-refractivity contribution in [3.63, 3.8) is 0 Å². The maximum atomic E-state index is 12.1. The van der Waals surface area contributed by atoms with E-state index in [0.29, 0.717) is 5.69 Å². The van der Waals surface area contributed by atoms with Crippen molar-refractivity contribution in [3.05, 3.63) is 63.1 Å². The Morgan fingerprint density at radius 3 is 2.24 bits per heavy atom. The fourth-order valence-corrected chi connectivity index (χ4v) is 3.18. The maximum Gasteiger partial charge on any atom is 0.269 e. The highest BCUT2D eigenvalue weighted by Gasteiger charge is 2.14. The molecular weight excluding hydrogens is 414 g/mol. The van der Waals surface area contributed by atoms with E-state index in [1.165, 1.54) is 36.4 Å². The van der Waals surface area contributed by atoms with Crippen LogP contribution in [0.3, 0.4) is 0 Å². The minimum atomic E-state index is -3.69. The summed E-state index contributed by atoms with van der Waals surface area (Å²) >= 11 is 3.22. The summed E-state index contributed by atoms with van der Waals surface area (Å²) in [6.07, 6.45) is -0.0766. The minimum absolute atomic E-state index is 0.0722. The van der Waals surface area contributed by atoms with E-state index in [0.717, 1.165) is 4.47 Å². The fraction of sp³-hybridized carbons (Fsp3) is 0.133. The Labute approximate surface area is 152 Å². The molecule has 2 N–H and O–H groups in total. The number of non-ortho nitro benzene ring substituents is 1. The first-order chi connectivity index (χ1) is 11.8. The molecule has 25 heavy (non-hydrogen) atoms. The Kier molecular flexibility index (Phi) is 6.23. The summed E-state index contributed by atoms with van der Waals surface area (Å²) in [6.45, 7) is -0.0722. The number of hydrogen-bond donors (Lipinski definition) is 2. The lowest BCUT2D eigenvalue weighted by molar-refractivity contribution is -0.384. The van der Waals surface area contributed by atoms with Crippen LogP contribution in [0.15, 0.2) is 57.9 Å². The average Bonchev–Trinajstić information content (AvgIpc) is 2.55. The fourth-order valence-electron chi connectivity index (χ4n) is 1.89. The van der Waals surface area contributed by atoms with Crippen LogP contribution in [0.4, 0.5) is 11.4 Å². The summed E-state index contributed by atoms with van der Waals surface area (Å²) in [5.74, 6) is -0.410. The summed E-state index contributed by atoms with van der Waals surface area (Å²) in [4.78, 5) is 21.9. The number of benzene rings is 2. The predicted octanol–water partition coefficient (Wildman–Crippen LogP) is 2.66. The predicted molar refractivity (Wildman–Crippen MR) is 95.7 cm³/mol. The molecule has 0 heterocycles. The summed E-state index contributed by atoms with van der Waals surface area (Å²) < 4.78 is 27.2. The van der Waals surface area contributed by atoms with Crippen LogP contribution in [0.2, 0.25) is 0 Å². The van der Waals surface area contributed by atoms with Gasteiger partial charge in [-0.25, -0.2) is 13.1 Å². The number of nitrogens with one attached hydrogen (secondary N) is 2. The van der Waals surface area contributed by atoms with E-state index in [9.17, 15) is 23.3 Å². The monoisotopic (exact) mass is 427 g/mol. The molecule has 0 bridgehead atoms. The number of carbonyl (C=O) groups excluding carboxylic acids is 1. The molecule has 0 radical (unpaired) electrons. The maximum absolute atomic E-state index is 12.1. The lowest BCUT2D eigenvalue weighted by atomic mass is 10.3. The Hall–Kier alpha value is -2.30. The standard InChI is InChI=1S/C15H14BrN3O5S/c16-11-1-7-14(8-2-11)25(23,24)17-10-9-15(20)18-12-3-5-13(6-4-12)19(21)22/h1-8,17H,9-10H2,(H,18,20). The molecule has 0 aliphatic heterocycles. The van der Waals surface area contributed by atoms with E-state index in [2.05, 4.69) is 26.0 Å². The lowest BCUT2D eigenvalue weighted by Crippen LogP contribution is -2.27. The number of amides is 1. The first kappa shape index (κ1) is 19.0. The zero-order valence-corrected chi connectivity index (χ0v) is 15.2. The van der Waals surface area contributed by atoms with Crippen LogP contribution >= 0.6 is 15.9 Å². The third-order valence-corrected chi connectivity index (χ3v) is 5.14. The van der Waals surface area contributed by atoms with Gasteiger partial charge in [0.1, 0.15) is 0 Å². The Bertz CT molecular complexity index is 867. The SMILES string of the molecule is O=C(CCNS(=O)(=O)c1ccc(Br)cc1)Nc1ccc([N+](=O)[O-])cc1. The van der Waals surface area contributed by atoms with Crippen LogP contribution in [0.1, 0.15) is 6.42 Å².